The van der Waals surface area contributed by atoms with Gasteiger partial charge < -0.3 is 14.5 Å². The van der Waals surface area contributed by atoms with Gasteiger partial charge in [0.05, 0.1) is 31.8 Å². The van der Waals surface area contributed by atoms with E-state index in [4.69, 9.17) is 9.15 Å². The summed E-state index contributed by atoms with van der Waals surface area (Å²) in [5.74, 6) is 0.706. The Hall–Kier alpha value is -3.75. The molecule has 148 valence electrons. The minimum atomic E-state index is -2.79. The second-order valence-corrected chi connectivity index (χ2v) is 6.15. The highest BCUT2D eigenvalue weighted by Crippen LogP contribution is 2.27. The van der Waals surface area contributed by atoms with Gasteiger partial charge in [-0.25, -0.2) is 18.3 Å². The number of methoxy groups -OCH3 is 1. The van der Waals surface area contributed by atoms with Crippen LogP contribution in [0.25, 0.3) is 16.9 Å². The van der Waals surface area contributed by atoms with E-state index in [2.05, 4.69) is 15.4 Å². The zero-order chi connectivity index (χ0) is 20.4. The molecule has 0 unspecified atom stereocenters. The fraction of sp³-hybridized carbons (Fsp3) is 0.150. The minimum Gasteiger partial charge on any atom is -0.497 e. The van der Waals surface area contributed by atoms with E-state index in [9.17, 15) is 13.6 Å². The van der Waals surface area contributed by atoms with E-state index in [-0.39, 0.29) is 23.4 Å². The van der Waals surface area contributed by atoms with Crippen LogP contribution in [-0.2, 0) is 6.54 Å². The molecule has 0 aliphatic rings. The number of nitrogens with one attached hydrogen (secondary N) is 1. The van der Waals surface area contributed by atoms with Crippen LogP contribution in [0.1, 0.15) is 28.2 Å². The van der Waals surface area contributed by atoms with Crippen molar-refractivity contribution in [1.29, 1.82) is 0 Å². The SMILES string of the molecule is COc1ccc(-c2cc(C(F)F)n3ncc(C(=O)NCc4ccco4)c3n2)cc1. The molecule has 0 saturated heterocycles. The molecule has 3 heterocycles. The lowest BCUT2D eigenvalue weighted by Gasteiger charge is -2.09. The highest BCUT2D eigenvalue weighted by molar-refractivity contribution is 5.99. The first-order valence-corrected chi connectivity index (χ1v) is 8.68. The number of rotatable bonds is 6. The molecule has 1 amide bonds. The number of alkyl halides is 2. The predicted octanol–water partition coefficient (Wildman–Crippen LogP) is 3.87. The minimum absolute atomic E-state index is 0.0468. The van der Waals surface area contributed by atoms with Crippen LogP contribution in [0.2, 0.25) is 0 Å². The van der Waals surface area contributed by atoms with Crippen LogP contribution >= 0.6 is 0 Å². The third kappa shape index (κ3) is 3.66. The first-order chi connectivity index (χ1) is 14.1. The van der Waals surface area contributed by atoms with E-state index in [0.717, 1.165) is 4.52 Å². The Kier molecular flexibility index (Phi) is 4.94. The van der Waals surface area contributed by atoms with Crippen LogP contribution in [0, 0.1) is 0 Å². The van der Waals surface area contributed by atoms with E-state index in [1.807, 2.05) is 0 Å². The van der Waals surface area contributed by atoms with Crippen molar-refractivity contribution in [3.63, 3.8) is 0 Å². The van der Waals surface area contributed by atoms with Gasteiger partial charge in [0, 0.05) is 5.56 Å². The van der Waals surface area contributed by atoms with E-state index >= 15 is 0 Å². The Labute approximate surface area is 163 Å². The number of furan rings is 1. The zero-order valence-electron chi connectivity index (χ0n) is 15.3. The summed E-state index contributed by atoms with van der Waals surface area (Å²) in [5.41, 5.74) is 0.694. The molecule has 0 bridgehead atoms. The highest BCUT2D eigenvalue weighted by Gasteiger charge is 2.21. The molecule has 3 aromatic heterocycles. The lowest BCUT2D eigenvalue weighted by molar-refractivity contribution is 0.0949. The van der Waals surface area contributed by atoms with Crippen LogP contribution in [0.3, 0.4) is 0 Å². The summed E-state index contributed by atoms with van der Waals surface area (Å²) in [4.78, 5) is 17.0. The second kappa shape index (κ2) is 7.70. The molecule has 9 heteroatoms. The van der Waals surface area contributed by atoms with E-state index in [1.165, 1.54) is 25.6 Å². The number of amides is 1. The topological polar surface area (TPSA) is 81.7 Å². The van der Waals surface area contributed by atoms with Crippen molar-refractivity contribution in [2.24, 2.45) is 0 Å². The molecule has 4 aromatic rings. The molecule has 0 radical (unpaired) electrons. The largest absolute Gasteiger partial charge is 0.497 e. The van der Waals surface area contributed by atoms with Gasteiger partial charge in [0.15, 0.2) is 5.65 Å². The van der Waals surface area contributed by atoms with Gasteiger partial charge in [0.1, 0.15) is 22.8 Å². The molecule has 0 aliphatic carbocycles. The molecule has 7 nitrogen and oxygen atoms in total. The van der Waals surface area contributed by atoms with Crippen molar-refractivity contribution in [3.05, 3.63) is 71.9 Å². The van der Waals surface area contributed by atoms with E-state index in [1.54, 1.807) is 36.4 Å². The summed E-state index contributed by atoms with van der Waals surface area (Å²) < 4.78 is 38.5. The number of carbonyl (C=O) groups is 1. The molecule has 29 heavy (non-hydrogen) atoms. The maximum absolute atomic E-state index is 13.6. The van der Waals surface area contributed by atoms with Crippen molar-refractivity contribution in [3.8, 4) is 17.0 Å². The summed E-state index contributed by atoms with van der Waals surface area (Å²) in [7, 11) is 1.54. The van der Waals surface area contributed by atoms with Crippen LogP contribution in [0.4, 0.5) is 8.78 Å². The smallest absolute Gasteiger partial charge is 0.280 e. The van der Waals surface area contributed by atoms with Gasteiger partial charge >= 0.3 is 0 Å². The van der Waals surface area contributed by atoms with Crippen LogP contribution in [-0.4, -0.2) is 27.6 Å². The van der Waals surface area contributed by atoms with Gasteiger partial charge in [0.25, 0.3) is 12.3 Å². The summed E-state index contributed by atoms with van der Waals surface area (Å²) in [5, 5.41) is 6.61. The van der Waals surface area contributed by atoms with Gasteiger partial charge in [-0.05, 0) is 42.5 Å². The second-order valence-electron chi connectivity index (χ2n) is 6.15. The molecule has 0 fully saturated rings. The molecular formula is C20H16F2N4O3. The van der Waals surface area contributed by atoms with Crippen LogP contribution < -0.4 is 10.1 Å². The zero-order valence-corrected chi connectivity index (χ0v) is 15.3. The fourth-order valence-corrected chi connectivity index (χ4v) is 2.89. The van der Waals surface area contributed by atoms with Crippen molar-refractivity contribution in [2.45, 2.75) is 13.0 Å². The molecule has 0 spiro atoms. The third-order valence-corrected chi connectivity index (χ3v) is 4.36. The Morgan fingerprint density at radius 2 is 2.07 bits per heavy atom. The van der Waals surface area contributed by atoms with Gasteiger partial charge in [-0.3, -0.25) is 4.79 Å². The van der Waals surface area contributed by atoms with Gasteiger partial charge in [-0.15, -0.1) is 0 Å². The number of fused-ring (bicyclic) bond motifs is 1. The molecular weight excluding hydrogens is 382 g/mol. The Morgan fingerprint density at radius 1 is 1.28 bits per heavy atom. The Balaban J connectivity index is 1.74. The Morgan fingerprint density at radius 3 is 2.72 bits per heavy atom. The molecule has 4 rings (SSSR count). The number of hydrogen-bond donors (Lipinski definition) is 1. The summed E-state index contributed by atoms with van der Waals surface area (Å²) in [6.07, 6.45) is -0.0748. The van der Waals surface area contributed by atoms with Crippen molar-refractivity contribution < 1.29 is 22.7 Å². The number of carbonyl (C=O) groups excluding carboxylic acids is 1. The van der Waals surface area contributed by atoms with Gasteiger partial charge in [-0.2, -0.15) is 5.10 Å². The monoisotopic (exact) mass is 398 g/mol. The lowest BCUT2D eigenvalue weighted by atomic mass is 10.1. The third-order valence-electron chi connectivity index (χ3n) is 4.36. The molecule has 0 atom stereocenters. The average Bonchev–Trinajstić information content (AvgIpc) is 3.41. The first kappa shape index (κ1) is 18.6. The number of aromatic nitrogens is 3. The number of ether oxygens (including phenoxy) is 1. The number of halogens is 2. The van der Waals surface area contributed by atoms with Crippen LogP contribution in [0.15, 0.2) is 59.3 Å². The summed E-state index contributed by atoms with van der Waals surface area (Å²) in [6.45, 7) is 0.156. The Bertz CT molecular complexity index is 1140. The van der Waals surface area contributed by atoms with Gasteiger partial charge in [-0.1, -0.05) is 0 Å². The summed E-state index contributed by atoms with van der Waals surface area (Å²) in [6, 6.07) is 11.5. The maximum atomic E-state index is 13.6. The fourth-order valence-electron chi connectivity index (χ4n) is 2.89. The van der Waals surface area contributed by atoms with Crippen LogP contribution in [0.5, 0.6) is 5.75 Å². The lowest BCUT2D eigenvalue weighted by Crippen LogP contribution is -2.22. The van der Waals surface area contributed by atoms with Crippen molar-refractivity contribution >= 4 is 11.6 Å². The highest BCUT2D eigenvalue weighted by atomic mass is 19.3. The molecule has 0 saturated carbocycles. The quantitative estimate of drug-likeness (QED) is 0.533. The average molecular weight is 398 g/mol. The van der Waals surface area contributed by atoms with E-state index < -0.39 is 12.3 Å². The molecule has 0 aliphatic heterocycles. The molecule has 1 N–H and O–H groups in total. The molecule has 1 aromatic carbocycles. The standard InChI is InChI=1S/C20H16F2N4O3/c1-28-13-6-4-12(5-7-13)16-9-17(18(21)22)26-19(25-16)15(11-24-26)20(27)23-10-14-3-2-8-29-14/h2-9,11,18H,10H2,1H3,(H,23,27). The maximum Gasteiger partial charge on any atom is 0.280 e. The number of benzene rings is 1. The van der Waals surface area contributed by atoms with E-state index in [0.29, 0.717) is 22.8 Å². The normalized spacial score (nSPS) is 11.2. The van der Waals surface area contributed by atoms with Crippen molar-refractivity contribution in [2.75, 3.05) is 7.11 Å². The van der Waals surface area contributed by atoms with Crippen molar-refractivity contribution in [1.82, 2.24) is 19.9 Å². The number of nitrogens with zero attached hydrogens (tertiary/aromatic N) is 3. The summed E-state index contributed by atoms with van der Waals surface area (Å²) >= 11 is 0. The first-order valence-electron chi connectivity index (χ1n) is 8.68. The number of hydrogen-bond acceptors (Lipinski definition) is 5. The van der Waals surface area contributed by atoms with Gasteiger partial charge in [0.2, 0.25) is 0 Å². The predicted molar refractivity (Wildman–Crippen MR) is 99.8 cm³/mol.